The third kappa shape index (κ3) is 7.90. The lowest BCUT2D eigenvalue weighted by Crippen LogP contribution is -2.49. The van der Waals surface area contributed by atoms with Crippen molar-refractivity contribution < 1.29 is 4.79 Å². The fourth-order valence-corrected chi connectivity index (χ4v) is 2.84. The standard InChI is InChI=1S/C19H32N6O.HI/c1-5-11-20-19(21-14-18(26)24(3)4)23-16-9-12-25(13-10-16)17-8-6-7-15(2)22-17;/h6-8,16H,5,9-14H2,1-4H3,(H2,20,21,23);1H. The number of hydrogen-bond donors (Lipinski definition) is 2. The number of pyridine rings is 1. The monoisotopic (exact) mass is 488 g/mol. The maximum Gasteiger partial charge on any atom is 0.243 e. The first kappa shape index (κ1) is 23.5. The molecular weight excluding hydrogens is 455 g/mol. The van der Waals surface area contributed by atoms with Gasteiger partial charge in [0.2, 0.25) is 5.91 Å². The van der Waals surface area contributed by atoms with E-state index in [1.807, 2.05) is 13.0 Å². The van der Waals surface area contributed by atoms with Gasteiger partial charge in [-0.05, 0) is 38.3 Å². The van der Waals surface area contributed by atoms with Crippen LogP contribution < -0.4 is 15.5 Å². The highest BCUT2D eigenvalue weighted by molar-refractivity contribution is 14.0. The number of likely N-dealkylation sites (N-methyl/N-ethyl adjacent to an activating group) is 1. The molecule has 0 spiro atoms. The molecule has 1 saturated heterocycles. The molecule has 1 aliphatic rings. The Kier molecular flexibility index (Phi) is 10.4. The van der Waals surface area contributed by atoms with Crippen LogP contribution in [0.4, 0.5) is 5.82 Å². The number of aryl methyl sites for hydroxylation is 1. The van der Waals surface area contributed by atoms with E-state index in [-0.39, 0.29) is 36.4 Å². The number of anilines is 1. The Morgan fingerprint density at radius 2 is 2.04 bits per heavy atom. The van der Waals surface area contributed by atoms with E-state index in [2.05, 4.69) is 44.6 Å². The Morgan fingerprint density at radius 1 is 1.33 bits per heavy atom. The number of aliphatic imine (C=N–C) groups is 1. The highest BCUT2D eigenvalue weighted by atomic mass is 127. The summed E-state index contributed by atoms with van der Waals surface area (Å²) in [5, 5.41) is 6.79. The fraction of sp³-hybridized carbons (Fsp3) is 0.632. The van der Waals surface area contributed by atoms with E-state index in [1.54, 1.807) is 19.0 Å². The van der Waals surface area contributed by atoms with Gasteiger partial charge in [-0.25, -0.2) is 9.98 Å². The molecule has 0 aromatic carbocycles. The maximum absolute atomic E-state index is 11.8. The molecule has 2 N–H and O–H groups in total. The predicted octanol–water partition coefficient (Wildman–Crippen LogP) is 2.01. The summed E-state index contributed by atoms with van der Waals surface area (Å²) < 4.78 is 0. The van der Waals surface area contributed by atoms with Gasteiger partial charge in [-0.15, -0.1) is 24.0 Å². The van der Waals surface area contributed by atoms with Crippen LogP contribution in [-0.4, -0.2) is 68.1 Å². The summed E-state index contributed by atoms with van der Waals surface area (Å²) in [6.07, 6.45) is 3.05. The first-order valence-electron chi connectivity index (χ1n) is 9.43. The summed E-state index contributed by atoms with van der Waals surface area (Å²) >= 11 is 0. The number of nitrogens with one attached hydrogen (secondary N) is 2. The minimum absolute atomic E-state index is 0. The fourth-order valence-electron chi connectivity index (χ4n) is 2.84. The summed E-state index contributed by atoms with van der Waals surface area (Å²) in [5.41, 5.74) is 1.05. The van der Waals surface area contributed by atoms with Crippen LogP contribution in [0.5, 0.6) is 0 Å². The molecule has 0 atom stereocenters. The molecule has 7 nitrogen and oxygen atoms in total. The van der Waals surface area contributed by atoms with Gasteiger partial charge in [0.15, 0.2) is 5.96 Å². The van der Waals surface area contributed by atoms with Crippen LogP contribution in [0, 0.1) is 6.92 Å². The van der Waals surface area contributed by atoms with E-state index < -0.39 is 0 Å². The van der Waals surface area contributed by atoms with Crippen LogP contribution in [0.2, 0.25) is 0 Å². The summed E-state index contributed by atoms with van der Waals surface area (Å²) in [6.45, 7) is 7.07. The molecule has 152 valence electrons. The van der Waals surface area contributed by atoms with Crippen LogP contribution in [0.1, 0.15) is 31.9 Å². The third-order valence-electron chi connectivity index (χ3n) is 4.45. The van der Waals surface area contributed by atoms with Crippen molar-refractivity contribution in [3.8, 4) is 0 Å². The molecule has 1 aliphatic heterocycles. The second-order valence-electron chi connectivity index (χ2n) is 6.92. The Morgan fingerprint density at radius 3 is 2.63 bits per heavy atom. The van der Waals surface area contributed by atoms with Gasteiger partial charge in [0.25, 0.3) is 0 Å². The van der Waals surface area contributed by atoms with Crippen LogP contribution in [0.25, 0.3) is 0 Å². The zero-order valence-electron chi connectivity index (χ0n) is 16.9. The Labute approximate surface area is 180 Å². The van der Waals surface area contributed by atoms with Crippen molar-refractivity contribution >= 4 is 41.7 Å². The number of piperidine rings is 1. The molecule has 0 bridgehead atoms. The van der Waals surface area contributed by atoms with Crippen molar-refractivity contribution in [3.05, 3.63) is 23.9 Å². The Hall–Kier alpha value is -1.58. The number of halogens is 1. The van der Waals surface area contributed by atoms with Crippen molar-refractivity contribution in [3.63, 3.8) is 0 Å². The van der Waals surface area contributed by atoms with E-state index >= 15 is 0 Å². The molecule has 0 unspecified atom stereocenters. The van der Waals surface area contributed by atoms with Gasteiger partial charge in [0, 0.05) is 45.5 Å². The van der Waals surface area contributed by atoms with Crippen molar-refractivity contribution in [2.45, 2.75) is 39.2 Å². The van der Waals surface area contributed by atoms with Gasteiger partial charge in [-0.1, -0.05) is 13.0 Å². The minimum Gasteiger partial charge on any atom is -0.356 e. The number of rotatable bonds is 6. The predicted molar refractivity (Wildman–Crippen MR) is 122 cm³/mol. The molecule has 27 heavy (non-hydrogen) atoms. The van der Waals surface area contributed by atoms with Gasteiger partial charge in [-0.2, -0.15) is 0 Å². The minimum atomic E-state index is 0. The molecule has 2 heterocycles. The first-order valence-corrected chi connectivity index (χ1v) is 9.43. The van der Waals surface area contributed by atoms with Crippen LogP contribution in [0.3, 0.4) is 0 Å². The topological polar surface area (TPSA) is 72.9 Å². The molecule has 1 aromatic heterocycles. The van der Waals surface area contributed by atoms with E-state index in [0.717, 1.165) is 56.4 Å². The van der Waals surface area contributed by atoms with Crippen molar-refractivity contribution in [1.82, 2.24) is 20.5 Å². The molecule has 1 amide bonds. The lowest BCUT2D eigenvalue weighted by atomic mass is 10.1. The number of aromatic nitrogens is 1. The maximum atomic E-state index is 11.8. The van der Waals surface area contributed by atoms with Gasteiger partial charge in [0.05, 0.1) is 0 Å². The molecule has 1 fully saturated rings. The van der Waals surface area contributed by atoms with E-state index in [1.165, 1.54) is 0 Å². The average molecular weight is 488 g/mol. The first-order chi connectivity index (χ1) is 12.5. The zero-order valence-corrected chi connectivity index (χ0v) is 19.2. The number of guanidine groups is 1. The van der Waals surface area contributed by atoms with E-state index in [9.17, 15) is 4.79 Å². The second-order valence-corrected chi connectivity index (χ2v) is 6.92. The summed E-state index contributed by atoms with van der Waals surface area (Å²) in [5.74, 6) is 1.79. The molecule has 2 rings (SSSR count). The van der Waals surface area contributed by atoms with Crippen molar-refractivity contribution in [2.75, 3.05) is 45.2 Å². The SMILES string of the molecule is CCCNC(=NCC(=O)N(C)C)NC1CCN(c2cccc(C)n2)CC1.I. The smallest absolute Gasteiger partial charge is 0.243 e. The lowest BCUT2D eigenvalue weighted by Gasteiger charge is -2.34. The zero-order chi connectivity index (χ0) is 18.9. The molecule has 8 heteroatoms. The Balaban J connectivity index is 0.00000364. The highest BCUT2D eigenvalue weighted by Gasteiger charge is 2.21. The molecule has 0 aliphatic carbocycles. The van der Waals surface area contributed by atoms with Crippen LogP contribution >= 0.6 is 24.0 Å². The molecule has 0 saturated carbocycles. The normalized spacial score (nSPS) is 15.1. The largest absolute Gasteiger partial charge is 0.356 e. The van der Waals surface area contributed by atoms with Crippen LogP contribution in [-0.2, 0) is 4.79 Å². The summed E-state index contributed by atoms with van der Waals surface area (Å²) in [6, 6.07) is 6.51. The van der Waals surface area contributed by atoms with Gasteiger partial charge < -0.3 is 20.4 Å². The average Bonchev–Trinajstić information content (AvgIpc) is 2.64. The molecular formula is C19H33IN6O. The van der Waals surface area contributed by atoms with Crippen LogP contribution in [0.15, 0.2) is 23.2 Å². The Bertz CT molecular complexity index is 614. The third-order valence-corrected chi connectivity index (χ3v) is 4.45. The van der Waals surface area contributed by atoms with E-state index in [0.29, 0.717) is 6.04 Å². The second kappa shape index (κ2) is 12.0. The van der Waals surface area contributed by atoms with Crippen molar-refractivity contribution in [2.24, 2.45) is 4.99 Å². The van der Waals surface area contributed by atoms with E-state index in [4.69, 9.17) is 0 Å². The number of amides is 1. The quantitative estimate of drug-likeness (QED) is 0.364. The molecule has 0 radical (unpaired) electrons. The molecule has 1 aromatic rings. The van der Waals surface area contributed by atoms with Gasteiger partial charge in [0.1, 0.15) is 12.4 Å². The van der Waals surface area contributed by atoms with Gasteiger partial charge >= 0.3 is 0 Å². The lowest BCUT2D eigenvalue weighted by molar-refractivity contribution is -0.127. The summed E-state index contributed by atoms with van der Waals surface area (Å²) in [4.78, 5) is 24.7. The number of carbonyl (C=O) groups is 1. The summed E-state index contributed by atoms with van der Waals surface area (Å²) in [7, 11) is 3.50. The number of carbonyl (C=O) groups excluding carboxylic acids is 1. The highest BCUT2D eigenvalue weighted by Crippen LogP contribution is 2.18. The van der Waals surface area contributed by atoms with Gasteiger partial charge in [-0.3, -0.25) is 4.79 Å². The van der Waals surface area contributed by atoms with Crippen molar-refractivity contribution in [1.29, 1.82) is 0 Å². The number of hydrogen-bond acceptors (Lipinski definition) is 4. The number of nitrogens with zero attached hydrogens (tertiary/aromatic N) is 4.